The molecule has 28 heavy (non-hydrogen) atoms. The summed E-state index contributed by atoms with van der Waals surface area (Å²) in [5.41, 5.74) is 4.16. The molecule has 0 bridgehead atoms. The Kier molecular flexibility index (Phi) is 4.17. The zero-order valence-corrected chi connectivity index (χ0v) is 16.0. The number of methoxy groups -OCH3 is 1. The third-order valence-corrected chi connectivity index (χ3v) is 5.42. The van der Waals surface area contributed by atoms with Gasteiger partial charge in [-0.1, -0.05) is 35.9 Å². The van der Waals surface area contributed by atoms with Crippen molar-refractivity contribution in [3.8, 4) is 11.5 Å². The molecule has 0 N–H and O–H groups in total. The average molecular weight is 392 g/mol. The maximum Gasteiger partial charge on any atom is 0.214 e. The number of hydrogen-bond acceptors (Lipinski definition) is 5. The number of benzene rings is 2. The number of aromatic nitrogens is 1. The van der Waals surface area contributed by atoms with Crippen LogP contribution >= 0.6 is 11.6 Å². The molecule has 0 saturated heterocycles. The van der Waals surface area contributed by atoms with E-state index in [9.17, 15) is 0 Å². The van der Waals surface area contributed by atoms with E-state index in [4.69, 9.17) is 26.2 Å². The molecule has 1 aromatic heterocycles. The van der Waals surface area contributed by atoms with Gasteiger partial charge in [0.1, 0.15) is 0 Å². The van der Waals surface area contributed by atoms with Crippen molar-refractivity contribution in [2.75, 3.05) is 7.11 Å². The second-order valence-corrected chi connectivity index (χ2v) is 7.22. The Bertz CT molecular complexity index is 1040. The molecule has 2 aliphatic rings. The highest BCUT2D eigenvalue weighted by atomic mass is 35.5. The van der Waals surface area contributed by atoms with Crippen molar-refractivity contribution in [1.82, 2.24) is 9.99 Å². The molecule has 2 atom stereocenters. The Morgan fingerprint density at radius 2 is 1.86 bits per heavy atom. The monoisotopic (exact) mass is 391 g/mol. The summed E-state index contributed by atoms with van der Waals surface area (Å²) in [5, 5.41) is 7.70. The summed E-state index contributed by atoms with van der Waals surface area (Å²) < 4.78 is 12.0. The smallest absolute Gasteiger partial charge is 0.214 e. The molecule has 2 unspecified atom stereocenters. The maximum atomic E-state index is 6.40. The fraction of sp³-hybridized carbons (Fsp3) is 0.182. The SMILES string of the molecule is COc1cccc2c1OC(c1ccncc1)N1N=C(c3ccc(Cl)cc3)CC21. The van der Waals surface area contributed by atoms with Gasteiger partial charge in [-0.2, -0.15) is 5.10 Å². The van der Waals surface area contributed by atoms with Crippen LogP contribution in [-0.2, 0) is 0 Å². The predicted octanol–water partition coefficient (Wildman–Crippen LogP) is 4.99. The van der Waals surface area contributed by atoms with Crippen molar-refractivity contribution in [2.45, 2.75) is 18.7 Å². The Morgan fingerprint density at radius 1 is 1.07 bits per heavy atom. The minimum absolute atomic E-state index is 0.0719. The molecule has 0 spiro atoms. The van der Waals surface area contributed by atoms with Crippen molar-refractivity contribution < 1.29 is 9.47 Å². The molecule has 0 saturated carbocycles. The van der Waals surface area contributed by atoms with Crippen molar-refractivity contribution in [2.24, 2.45) is 5.10 Å². The van der Waals surface area contributed by atoms with Crippen molar-refractivity contribution >= 4 is 17.3 Å². The summed E-state index contributed by atoms with van der Waals surface area (Å²) in [4.78, 5) is 4.13. The molecule has 2 aliphatic heterocycles. The van der Waals surface area contributed by atoms with Crippen molar-refractivity contribution in [3.05, 3.63) is 88.7 Å². The number of hydrogen-bond donors (Lipinski definition) is 0. The lowest BCUT2D eigenvalue weighted by molar-refractivity contribution is -0.0209. The van der Waals surface area contributed by atoms with E-state index in [0.717, 1.165) is 40.3 Å². The number of hydrazone groups is 1. The van der Waals surface area contributed by atoms with Crippen LogP contribution in [0, 0.1) is 0 Å². The summed E-state index contributed by atoms with van der Waals surface area (Å²) in [5.74, 6) is 1.51. The van der Waals surface area contributed by atoms with E-state index in [0.29, 0.717) is 5.02 Å². The highest BCUT2D eigenvalue weighted by Crippen LogP contribution is 2.50. The fourth-order valence-corrected chi connectivity index (χ4v) is 3.94. The molecule has 0 aliphatic carbocycles. The lowest BCUT2D eigenvalue weighted by Crippen LogP contribution is -2.33. The zero-order chi connectivity index (χ0) is 19.1. The highest BCUT2D eigenvalue weighted by Gasteiger charge is 2.42. The Balaban J connectivity index is 1.61. The molecule has 3 aromatic rings. The van der Waals surface area contributed by atoms with E-state index in [2.05, 4.69) is 11.1 Å². The van der Waals surface area contributed by atoms with Crippen molar-refractivity contribution in [3.63, 3.8) is 0 Å². The molecular formula is C22H18ClN3O2. The molecule has 5 nitrogen and oxygen atoms in total. The van der Waals surface area contributed by atoms with E-state index in [1.54, 1.807) is 19.5 Å². The Labute approximate surface area is 168 Å². The quantitative estimate of drug-likeness (QED) is 0.631. The van der Waals surface area contributed by atoms with E-state index in [1.807, 2.05) is 53.5 Å². The molecule has 0 fully saturated rings. The van der Waals surface area contributed by atoms with E-state index >= 15 is 0 Å². The van der Waals surface area contributed by atoms with Crippen LogP contribution in [0.4, 0.5) is 0 Å². The first-order valence-electron chi connectivity index (χ1n) is 9.10. The summed E-state index contributed by atoms with van der Waals surface area (Å²) in [7, 11) is 1.66. The maximum absolute atomic E-state index is 6.40. The minimum Gasteiger partial charge on any atom is -0.493 e. The van der Waals surface area contributed by atoms with E-state index < -0.39 is 0 Å². The molecule has 6 heteroatoms. The normalized spacial score (nSPS) is 20.1. The Hall–Kier alpha value is -3.05. The van der Waals surface area contributed by atoms with Crippen LogP contribution in [0.2, 0.25) is 5.02 Å². The number of fused-ring (bicyclic) bond motifs is 3. The number of halogens is 1. The number of para-hydroxylation sites is 1. The van der Waals surface area contributed by atoms with Crippen LogP contribution in [0.15, 0.2) is 72.1 Å². The first kappa shape index (κ1) is 17.1. The molecule has 0 radical (unpaired) electrons. The summed E-state index contributed by atoms with van der Waals surface area (Å²) in [6.07, 6.45) is 3.98. The van der Waals surface area contributed by atoms with Crippen LogP contribution in [0.3, 0.4) is 0 Å². The standard InChI is InChI=1S/C22H18ClN3O2/c1-27-20-4-2-3-17-19-13-18(14-5-7-16(23)8-6-14)25-26(19)22(28-21(17)20)15-9-11-24-12-10-15/h2-12,19,22H,13H2,1H3. The van der Waals surface area contributed by atoms with Gasteiger partial charge in [-0.3, -0.25) is 4.98 Å². The topological polar surface area (TPSA) is 47.0 Å². The van der Waals surface area contributed by atoms with E-state index in [1.165, 1.54) is 0 Å². The predicted molar refractivity (Wildman–Crippen MR) is 108 cm³/mol. The second kappa shape index (κ2) is 6.84. The largest absolute Gasteiger partial charge is 0.493 e. The van der Waals surface area contributed by atoms with Gasteiger partial charge in [-0.25, -0.2) is 5.01 Å². The van der Waals surface area contributed by atoms with Gasteiger partial charge in [-0.15, -0.1) is 0 Å². The van der Waals surface area contributed by atoms with Crippen LogP contribution in [0.5, 0.6) is 11.5 Å². The molecule has 0 amide bonds. The molecule has 3 heterocycles. The van der Waals surface area contributed by atoms with Crippen LogP contribution in [-0.4, -0.2) is 22.8 Å². The third-order valence-electron chi connectivity index (χ3n) is 5.17. The third kappa shape index (κ3) is 2.79. The fourth-order valence-electron chi connectivity index (χ4n) is 3.81. The van der Waals surface area contributed by atoms with Crippen LogP contribution in [0.1, 0.15) is 35.4 Å². The molecular weight excluding hydrogens is 374 g/mol. The summed E-state index contributed by atoms with van der Waals surface area (Å²) in [6, 6.07) is 17.8. The van der Waals surface area contributed by atoms with Crippen molar-refractivity contribution in [1.29, 1.82) is 0 Å². The summed E-state index contributed by atoms with van der Waals surface area (Å²) >= 11 is 6.05. The number of ether oxygens (including phenoxy) is 2. The van der Waals surface area contributed by atoms with E-state index in [-0.39, 0.29) is 12.3 Å². The van der Waals surface area contributed by atoms with Gasteiger partial charge >= 0.3 is 0 Å². The minimum atomic E-state index is -0.346. The van der Waals surface area contributed by atoms with Crippen LogP contribution in [0.25, 0.3) is 0 Å². The Morgan fingerprint density at radius 3 is 2.61 bits per heavy atom. The summed E-state index contributed by atoms with van der Waals surface area (Å²) in [6.45, 7) is 0. The molecule has 5 rings (SSSR count). The van der Waals surface area contributed by atoms with Crippen LogP contribution < -0.4 is 9.47 Å². The first-order chi connectivity index (χ1) is 13.7. The molecule has 140 valence electrons. The number of pyridine rings is 1. The first-order valence-corrected chi connectivity index (χ1v) is 9.47. The van der Waals surface area contributed by atoms with Gasteiger partial charge < -0.3 is 9.47 Å². The van der Waals surface area contributed by atoms with Gasteiger partial charge in [0.2, 0.25) is 6.23 Å². The lowest BCUT2D eigenvalue weighted by atomic mass is 9.95. The number of rotatable bonds is 3. The van der Waals surface area contributed by atoms with Gasteiger partial charge in [0, 0.05) is 35.0 Å². The van der Waals surface area contributed by atoms with Gasteiger partial charge in [0.25, 0.3) is 0 Å². The average Bonchev–Trinajstić information content (AvgIpc) is 3.19. The highest BCUT2D eigenvalue weighted by molar-refractivity contribution is 6.30. The molecule has 2 aromatic carbocycles. The van der Waals surface area contributed by atoms with Gasteiger partial charge in [0.05, 0.1) is 18.9 Å². The lowest BCUT2D eigenvalue weighted by Gasteiger charge is -2.38. The van der Waals surface area contributed by atoms with Gasteiger partial charge in [0.15, 0.2) is 11.5 Å². The zero-order valence-electron chi connectivity index (χ0n) is 15.2. The van der Waals surface area contributed by atoms with Gasteiger partial charge in [-0.05, 0) is 35.9 Å². The number of nitrogens with zero attached hydrogens (tertiary/aromatic N) is 3. The second-order valence-electron chi connectivity index (χ2n) is 6.78.